The lowest BCUT2D eigenvalue weighted by Crippen LogP contribution is -2.31. The number of benzene rings is 2. The lowest BCUT2D eigenvalue weighted by atomic mass is 10.1. The van der Waals surface area contributed by atoms with E-state index in [0.29, 0.717) is 35.8 Å². The topological polar surface area (TPSA) is 70.1 Å². The summed E-state index contributed by atoms with van der Waals surface area (Å²) in [5, 5.41) is 8.71. The normalized spacial score (nSPS) is 13.8. The Balaban J connectivity index is 1.91. The van der Waals surface area contributed by atoms with Gasteiger partial charge in [0.05, 0.1) is 11.4 Å². The van der Waals surface area contributed by atoms with Crippen molar-refractivity contribution in [1.29, 1.82) is 0 Å². The monoisotopic (exact) mass is 358 g/mol. The van der Waals surface area contributed by atoms with Gasteiger partial charge >= 0.3 is 5.97 Å². The van der Waals surface area contributed by atoms with E-state index >= 15 is 0 Å². The predicted octanol–water partition coefficient (Wildman–Crippen LogP) is 2.78. The summed E-state index contributed by atoms with van der Waals surface area (Å²) in [6, 6.07) is 10.8. The van der Waals surface area contributed by atoms with Gasteiger partial charge in [0.25, 0.3) is 5.91 Å². The Bertz CT molecular complexity index is 840. The summed E-state index contributed by atoms with van der Waals surface area (Å²) < 4.78 is 18.8. The molecule has 0 saturated carbocycles. The Labute approximate surface area is 150 Å². The number of carboxylic acid groups (broad SMARTS) is 1. The second kappa shape index (κ2) is 7.43. The number of halogens is 1. The van der Waals surface area contributed by atoms with Gasteiger partial charge in [-0.1, -0.05) is 6.07 Å². The van der Waals surface area contributed by atoms with Crippen molar-refractivity contribution in [2.45, 2.75) is 6.42 Å². The maximum Gasteiger partial charge on any atom is 0.341 e. The van der Waals surface area contributed by atoms with Crippen LogP contribution in [0.4, 0.5) is 15.8 Å². The fraction of sp³-hybridized carbons (Fsp3) is 0.263. The molecule has 1 aliphatic heterocycles. The first kappa shape index (κ1) is 17.7. The predicted molar refractivity (Wildman–Crippen MR) is 95.5 cm³/mol. The molecule has 0 aliphatic carbocycles. The molecule has 1 N–H and O–H groups in total. The highest BCUT2D eigenvalue weighted by molar-refractivity contribution is 6.08. The smallest absolute Gasteiger partial charge is 0.341 e. The Morgan fingerprint density at radius 3 is 2.73 bits per heavy atom. The number of aliphatic carboxylic acids is 1. The lowest BCUT2D eigenvalue weighted by Gasteiger charge is -2.24. The molecule has 3 rings (SSSR count). The molecule has 0 spiro atoms. The number of nitrogens with zero attached hydrogens (tertiary/aromatic N) is 2. The minimum Gasteiger partial charge on any atom is -0.482 e. The van der Waals surface area contributed by atoms with Crippen LogP contribution in [0.15, 0.2) is 42.5 Å². The van der Waals surface area contributed by atoms with Crippen molar-refractivity contribution in [3.05, 3.63) is 53.8 Å². The van der Waals surface area contributed by atoms with Crippen LogP contribution in [-0.2, 0) is 4.79 Å². The second-order valence-electron chi connectivity index (χ2n) is 6.08. The molecule has 7 heteroatoms. The number of rotatable bonds is 4. The molecule has 1 aliphatic rings. The van der Waals surface area contributed by atoms with Crippen LogP contribution < -0.4 is 14.5 Å². The zero-order valence-electron chi connectivity index (χ0n) is 14.3. The van der Waals surface area contributed by atoms with Crippen LogP contribution in [-0.4, -0.2) is 43.7 Å². The summed E-state index contributed by atoms with van der Waals surface area (Å²) in [5.41, 5.74) is 1.69. The van der Waals surface area contributed by atoms with E-state index in [1.807, 2.05) is 11.9 Å². The lowest BCUT2D eigenvalue weighted by molar-refractivity contribution is -0.139. The first-order valence-corrected chi connectivity index (χ1v) is 8.23. The molecule has 26 heavy (non-hydrogen) atoms. The van der Waals surface area contributed by atoms with Gasteiger partial charge < -0.3 is 19.6 Å². The van der Waals surface area contributed by atoms with Gasteiger partial charge in [-0.3, -0.25) is 4.79 Å². The van der Waals surface area contributed by atoms with Crippen molar-refractivity contribution in [2.24, 2.45) is 0 Å². The molecule has 0 atom stereocenters. The number of amides is 1. The van der Waals surface area contributed by atoms with Crippen LogP contribution in [0.1, 0.15) is 16.8 Å². The highest BCUT2D eigenvalue weighted by Gasteiger charge is 2.25. The van der Waals surface area contributed by atoms with E-state index in [1.54, 1.807) is 29.2 Å². The first-order valence-electron chi connectivity index (χ1n) is 8.23. The van der Waals surface area contributed by atoms with Gasteiger partial charge in [0.1, 0.15) is 11.6 Å². The van der Waals surface area contributed by atoms with Crippen molar-refractivity contribution in [1.82, 2.24) is 0 Å². The maximum absolute atomic E-state index is 13.7. The third-order valence-electron chi connectivity index (χ3n) is 4.20. The van der Waals surface area contributed by atoms with Crippen molar-refractivity contribution in [3.8, 4) is 5.75 Å². The van der Waals surface area contributed by atoms with Crippen molar-refractivity contribution in [2.75, 3.05) is 36.5 Å². The molecule has 0 bridgehead atoms. The van der Waals surface area contributed by atoms with Crippen molar-refractivity contribution >= 4 is 23.3 Å². The van der Waals surface area contributed by atoms with E-state index in [2.05, 4.69) is 0 Å². The van der Waals surface area contributed by atoms with E-state index in [1.165, 1.54) is 18.2 Å². The molecule has 2 aromatic rings. The average Bonchev–Trinajstić information content (AvgIpc) is 2.78. The summed E-state index contributed by atoms with van der Waals surface area (Å²) in [4.78, 5) is 27.2. The number of hydrogen-bond acceptors (Lipinski definition) is 4. The van der Waals surface area contributed by atoms with Gasteiger partial charge in [0, 0.05) is 25.7 Å². The number of fused-ring (bicyclic) bond motifs is 1. The van der Waals surface area contributed by atoms with E-state index in [9.17, 15) is 14.0 Å². The van der Waals surface area contributed by atoms with Gasteiger partial charge in [-0.05, 0) is 42.8 Å². The molecule has 0 radical (unpaired) electrons. The van der Waals surface area contributed by atoms with Gasteiger partial charge in [-0.15, -0.1) is 0 Å². The number of carbonyl (C=O) groups excluding carboxylic acids is 1. The molecule has 0 aromatic heterocycles. The van der Waals surface area contributed by atoms with Crippen molar-refractivity contribution < 1.29 is 23.8 Å². The van der Waals surface area contributed by atoms with Gasteiger partial charge in [0.2, 0.25) is 0 Å². The first-order chi connectivity index (χ1) is 12.5. The zero-order chi connectivity index (χ0) is 18.7. The molecule has 0 fully saturated rings. The van der Waals surface area contributed by atoms with Crippen molar-refractivity contribution in [3.63, 3.8) is 0 Å². The maximum atomic E-state index is 13.7. The molecular weight excluding hydrogens is 339 g/mol. The molecular formula is C19H19FN2O4. The van der Waals surface area contributed by atoms with E-state index in [4.69, 9.17) is 9.84 Å². The second-order valence-corrected chi connectivity index (χ2v) is 6.08. The molecule has 2 aromatic carbocycles. The zero-order valence-corrected chi connectivity index (χ0v) is 14.3. The van der Waals surface area contributed by atoms with Gasteiger partial charge in [0.15, 0.2) is 6.61 Å². The van der Waals surface area contributed by atoms with Gasteiger partial charge in [-0.2, -0.15) is 0 Å². The third kappa shape index (κ3) is 3.77. The molecule has 1 amide bonds. The summed E-state index contributed by atoms with van der Waals surface area (Å²) >= 11 is 0. The Kier molecular flexibility index (Phi) is 5.06. The highest BCUT2D eigenvalue weighted by Crippen LogP contribution is 2.33. The fourth-order valence-corrected chi connectivity index (χ4v) is 2.97. The molecule has 1 heterocycles. The molecule has 136 valence electrons. The highest BCUT2D eigenvalue weighted by atomic mass is 19.1. The molecule has 6 nitrogen and oxygen atoms in total. The number of anilines is 2. The van der Waals surface area contributed by atoms with E-state index in [-0.39, 0.29) is 11.7 Å². The Hall–Kier alpha value is -3.09. The van der Waals surface area contributed by atoms with Crippen LogP contribution in [0.2, 0.25) is 0 Å². The summed E-state index contributed by atoms with van der Waals surface area (Å²) in [7, 11) is 1.87. The minimum absolute atomic E-state index is 0.242. The SMILES string of the molecule is CN1CCCN(C(=O)c2cccc(OCC(=O)O)c2)c2ccc(F)cc21. The standard InChI is InChI=1S/C19H19FN2O4/c1-21-8-3-9-22(16-7-6-14(20)11-17(16)21)19(25)13-4-2-5-15(10-13)26-12-18(23)24/h2,4-7,10-11H,3,8-9,12H2,1H3,(H,23,24). The van der Waals surface area contributed by atoms with Crippen LogP contribution in [0.3, 0.4) is 0 Å². The summed E-state index contributed by atoms with van der Waals surface area (Å²) in [6.07, 6.45) is 0.744. The fourth-order valence-electron chi connectivity index (χ4n) is 2.97. The summed E-state index contributed by atoms with van der Waals surface area (Å²) in [6.45, 7) is 0.734. The van der Waals surface area contributed by atoms with Gasteiger partial charge in [-0.25, -0.2) is 9.18 Å². The van der Waals surface area contributed by atoms with Crippen LogP contribution in [0, 0.1) is 5.82 Å². The van der Waals surface area contributed by atoms with E-state index in [0.717, 1.165) is 6.42 Å². The van der Waals surface area contributed by atoms with Crippen LogP contribution >= 0.6 is 0 Å². The number of hydrogen-bond donors (Lipinski definition) is 1. The summed E-state index contributed by atoms with van der Waals surface area (Å²) in [5.74, 6) is -1.37. The number of carbonyl (C=O) groups is 2. The average molecular weight is 358 g/mol. The minimum atomic E-state index is -1.09. The quantitative estimate of drug-likeness (QED) is 0.910. The van der Waals surface area contributed by atoms with Crippen LogP contribution in [0.5, 0.6) is 5.75 Å². The Morgan fingerprint density at radius 2 is 1.96 bits per heavy atom. The van der Waals surface area contributed by atoms with E-state index < -0.39 is 12.6 Å². The van der Waals surface area contributed by atoms with Crippen LogP contribution in [0.25, 0.3) is 0 Å². The number of ether oxygens (including phenoxy) is 1. The molecule has 0 unspecified atom stereocenters. The largest absolute Gasteiger partial charge is 0.482 e. The number of carboxylic acids is 1. The Morgan fingerprint density at radius 1 is 1.15 bits per heavy atom. The molecule has 0 saturated heterocycles. The third-order valence-corrected chi connectivity index (χ3v) is 4.20.